The fourth-order valence-electron chi connectivity index (χ4n) is 1.56. The van der Waals surface area contributed by atoms with E-state index in [2.05, 4.69) is 11.4 Å². The normalized spacial score (nSPS) is 10.9. The molecule has 0 aromatic rings. The quantitative estimate of drug-likeness (QED) is 0.617. The molecule has 0 aliphatic heterocycles. The highest BCUT2D eigenvalue weighted by atomic mass is 16.2. The molecule has 0 aliphatic rings. The van der Waals surface area contributed by atoms with Gasteiger partial charge in [-0.25, -0.2) is 0 Å². The van der Waals surface area contributed by atoms with Crippen molar-refractivity contribution in [1.29, 1.82) is 5.26 Å². The lowest BCUT2D eigenvalue weighted by molar-refractivity contribution is -0.128. The van der Waals surface area contributed by atoms with Gasteiger partial charge >= 0.3 is 0 Å². The minimum Gasteiger partial charge on any atom is -0.396 e. The lowest BCUT2D eigenvalue weighted by Gasteiger charge is -2.22. The second-order valence-corrected chi connectivity index (χ2v) is 3.94. The van der Waals surface area contributed by atoms with Crippen molar-refractivity contribution in [2.45, 2.75) is 46.0 Å². The van der Waals surface area contributed by atoms with Crippen molar-refractivity contribution in [2.75, 3.05) is 13.2 Å². The van der Waals surface area contributed by atoms with Crippen molar-refractivity contribution < 1.29 is 9.90 Å². The first-order chi connectivity index (χ1) is 7.66. The van der Waals surface area contributed by atoms with Crippen LogP contribution < -0.4 is 5.32 Å². The standard InChI is InChI=1S/C12H22N2O2/c1-3-12(4-2,10-13)11(16)14-8-6-5-7-9-15/h15H,3-9H2,1-2H3,(H,14,16). The molecule has 0 unspecified atom stereocenters. The maximum absolute atomic E-state index is 11.8. The van der Waals surface area contributed by atoms with Gasteiger partial charge in [0.05, 0.1) is 6.07 Å². The molecule has 2 N–H and O–H groups in total. The third kappa shape index (κ3) is 4.19. The number of carbonyl (C=O) groups excluding carboxylic acids is 1. The molecule has 0 bridgehead atoms. The first-order valence-electron chi connectivity index (χ1n) is 5.97. The summed E-state index contributed by atoms with van der Waals surface area (Å²) in [4.78, 5) is 11.8. The van der Waals surface area contributed by atoms with Crippen LogP contribution in [0.5, 0.6) is 0 Å². The lowest BCUT2D eigenvalue weighted by atomic mass is 9.83. The van der Waals surface area contributed by atoms with Crippen molar-refractivity contribution in [1.82, 2.24) is 5.32 Å². The summed E-state index contributed by atoms with van der Waals surface area (Å²) in [5, 5.41) is 20.4. The molecule has 0 saturated carbocycles. The highest BCUT2D eigenvalue weighted by Gasteiger charge is 2.34. The van der Waals surface area contributed by atoms with Crippen LogP contribution in [0.4, 0.5) is 0 Å². The third-order valence-electron chi connectivity index (χ3n) is 2.98. The number of hydrogen-bond donors (Lipinski definition) is 2. The fourth-order valence-corrected chi connectivity index (χ4v) is 1.56. The summed E-state index contributed by atoms with van der Waals surface area (Å²) in [6.45, 7) is 4.50. The van der Waals surface area contributed by atoms with E-state index in [9.17, 15) is 4.79 Å². The summed E-state index contributed by atoms with van der Waals surface area (Å²) in [6, 6.07) is 2.11. The number of carbonyl (C=O) groups is 1. The number of hydrogen-bond acceptors (Lipinski definition) is 3. The van der Waals surface area contributed by atoms with Crippen molar-refractivity contribution >= 4 is 5.91 Å². The van der Waals surface area contributed by atoms with Crippen LogP contribution in [-0.4, -0.2) is 24.2 Å². The second kappa shape index (κ2) is 8.12. The van der Waals surface area contributed by atoms with Crippen LogP contribution in [0.25, 0.3) is 0 Å². The Morgan fingerprint density at radius 1 is 1.31 bits per heavy atom. The number of rotatable bonds is 8. The van der Waals surface area contributed by atoms with Gasteiger partial charge in [-0.3, -0.25) is 4.79 Å². The van der Waals surface area contributed by atoms with Crippen LogP contribution in [0.2, 0.25) is 0 Å². The predicted octanol–water partition coefficient (Wildman–Crippen LogP) is 1.60. The van der Waals surface area contributed by atoms with Gasteiger partial charge in [0.2, 0.25) is 5.91 Å². The van der Waals surface area contributed by atoms with E-state index in [-0.39, 0.29) is 12.5 Å². The van der Waals surface area contributed by atoms with Crippen LogP contribution in [0.1, 0.15) is 46.0 Å². The highest BCUT2D eigenvalue weighted by molar-refractivity contribution is 5.85. The topological polar surface area (TPSA) is 73.1 Å². The van der Waals surface area contributed by atoms with Crippen LogP contribution in [-0.2, 0) is 4.79 Å². The maximum atomic E-state index is 11.8. The van der Waals surface area contributed by atoms with Gasteiger partial charge in [0.25, 0.3) is 0 Å². The number of nitrogens with one attached hydrogen (secondary N) is 1. The molecular formula is C12H22N2O2. The molecule has 0 aromatic heterocycles. The zero-order valence-electron chi connectivity index (χ0n) is 10.3. The molecule has 0 rings (SSSR count). The Hall–Kier alpha value is -1.08. The largest absolute Gasteiger partial charge is 0.396 e. The number of unbranched alkanes of at least 4 members (excludes halogenated alkanes) is 2. The van der Waals surface area contributed by atoms with Gasteiger partial charge in [0.15, 0.2) is 0 Å². The first kappa shape index (κ1) is 14.9. The third-order valence-corrected chi connectivity index (χ3v) is 2.98. The van der Waals surface area contributed by atoms with Crippen molar-refractivity contribution in [3.05, 3.63) is 0 Å². The molecule has 0 aliphatic carbocycles. The molecule has 0 radical (unpaired) electrons. The molecule has 4 heteroatoms. The predicted molar refractivity (Wildman–Crippen MR) is 62.6 cm³/mol. The molecular weight excluding hydrogens is 204 g/mol. The Morgan fingerprint density at radius 2 is 1.94 bits per heavy atom. The van der Waals surface area contributed by atoms with Crippen LogP contribution >= 0.6 is 0 Å². The minimum absolute atomic E-state index is 0.163. The molecule has 0 saturated heterocycles. The number of aliphatic hydroxyl groups is 1. The molecule has 0 heterocycles. The van der Waals surface area contributed by atoms with E-state index in [1.54, 1.807) is 0 Å². The Kier molecular flexibility index (Phi) is 7.57. The Labute approximate surface area is 97.7 Å². The number of nitriles is 1. The molecule has 0 aromatic carbocycles. The van der Waals surface area contributed by atoms with Crippen LogP contribution in [0.3, 0.4) is 0 Å². The summed E-state index contributed by atoms with van der Waals surface area (Å²) >= 11 is 0. The second-order valence-electron chi connectivity index (χ2n) is 3.94. The average Bonchev–Trinajstić information content (AvgIpc) is 2.32. The van der Waals surface area contributed by atoms with Gasteiger partial charge in [-0.05, 0) is 32.1 Å². The monoisotopic (exact) mass is 226 g/mol. The number of nitrogens with zero attached hydrogens (tertiary/aromatic N) is 1. The SMILES string of the molecule is CCC(C#N)(CC)C(=O)NCCCCCO. The smallest absolute Gasteiger partial charge is 0.240 e. The molecule has 1 amide bonds. The average molecular weight is 226 g/mol. The number of amides is 1. The van der Waals surface area contributed by atoms with E-state index in [1.807, 2.05) is 13.8 Å². The minimum atomic E-state index is -0.864. The van der Waals surface area contributed by atoms with E-state index in [0.29, 0.717) is 19.4 Å². The zero-order valence-corrected chi connectivity index (χ0v) is 10.3. The molecule has 16 heavy (non-hydrogen) atoms. The van der Waals surface area contributed by atoms with Gasteiger partial charge < -0.3 is 10.4 Å². The number of aliphatic hydroxyl groups excluding tert-OH is 1. The first-order valence-corrected chi connectivity index (χ1v) is 5.97. The molecule has 0 fully saturated rings. The Morgan fingerprint density at radius 3 is 2.38 bits per heavy atom. The van der Waals surface area contributed by atoms with Gasteiger partial charge in [-0.15, -0.1) is 0 Å². The Balaban J connectivity index is 3.99. The molecule has 0 atom stereocenters. The summed E-state index contributed by atoms with van der Waals surface area (Å²) in [5.74, 6) is -0.163. The summed E-state index contributed by atoms with van der Waals surface area (Å²) in [5.41, 5.74) is -0.864. The van der Waals surface area contributed by atoms with Crippen LogP contribution in [0, 0.1) is 16.7 Å². The summed E-state index contributed by atoms with van der Waals surface area (Å²) in [6.07, 6.45) is 3.60. The Bertz CT molecular complexity index is 242. The van der Waals surface area contributed by atoms with E-state index in [1.165, 1.54) is 0 Å². The molecule has 4 nitrogen and oxygen atoms in total. The van der Waals surface area contributed by atoms with Gasteiger partial charge in [0.1, 0.15) is 5.41 Å². The fraction of sp³-hybridized carbons (Fsp3) is 0.833. The van der Waals surface area contributed by atoms with Gasteiger partial charge in [-0.2, -0.15) is 5.26 Å². The van der Waals surface area contributed by atoms with Crippen molar-refractivity contribution in [3.8, 4) is 6.07 Å². The van der Waals surface area contributed by atoms with Gasteiger partial charge in [-0.1, -0.05) is 13.8 Å². The summed E-state index contributed by atoms with van der Waals surface area (Å²) < 4.78 is 0. The molecule has 92 valence electrons. The van der Waals surface area contributed by atoms with E-state index >= 15 is 0 Å². The van der Waals surface area contributed by atoms with Crippen LogP contribution in [0.15, 0.2) is 0 Å². The highest BCUT2D eigenvalue weighted by Crippen LogP contribution is 2.25. The van der Waals surface area contributed by atoms with E-state index in [0.717, 1.165) is 19.3 Å². The molecule has 0 spiro atoms. The van der Waals surface area contributed by atoms with Gasteiger partial charge in [0, 0.05) is 13.2 Å². The zero-order chi connectivity index (χ0) is 12.4. The van der Waals surface area contributed by atoms with E-state index in [4.69, 9.17) is 10.4 Å². The lowest BCUT2D eigenvalue weighted by Crippen LogP contribution is -2.39. The van der Waals surface area contributed by atoms with Crippen molar-refractivity contribution in [2.24, 2.45) is 5.41 Å². The van der Waals surface area contributed by atoms with Crippen molar-refractivity contribution in [3.63, 3.8) is 0 Å². The maximum Gasteiger partial charge on any atom is 0.240 e. The van der Waals surface area contributed by atoms with E-state index < -0.39 is 5.41 Å². The summed E-state index contributed by atoms with van der Waals surface area (Å²) in [7, 11) is 0.